The fraction of sp³-hybridized carbons (Fsp3) is 0.316. The molecular weight excluding hydrogens is 798 g/mol. The minimum Gasteiger partial charge on any atom is -0.424 e. The van der Waals surface area contributed by atoms with E-state index in [1.807, 2.05) is 72.8 Å². The molecule has 4 amide bonds. The van der Waals surface area contributed by atoms with Gasteiger partial charge >= 0.3 is 19.2 Å². The highest BCUT2D eigenvalue weighted by Crippen LogP contribution is 2.28. The molecule has 0 unspecified atom stereocenters. The number of urea groups is 2. The Balaban J connectivity index is 0.000000150. The standard InChI is InChI=1S/C19H21N5O.C11H14IN5O.C8H9BO2/c20-18-22-16(10-9-13-5-2-1-3-6-13)15-11-24(12-17(15)23-18)19(25)21-14-7-4-8-14;12-9-7-4-17(5-8(7)15-10(13)16-9)11(18)14-6-2-1-3-6;10-9(11)7-6-8-4-2-1-3-5-8/h1-3,5-6,9-10,14H,4,7-8,11-12H2,(H,21,25)(H2,20,22,23);6H,1-5H2,(H,14,18)(H2,13,15,16);1-7,10-11H/b10-9+;;7-6+. The van der Waals surface area contributed by atoms with Gasteiger partial charge in [0, 0.05) is 23.2 Å². The van der Waals surface area contributed by atoms with E-state index in [2.05, 4.69) is 53.2 Å². The van der Waals surface area contributed by atoms with Crippen molar-refractivity contribution in [2.24, 2.45) is 0 Å². The Morgan fingerprint density at radius 2 is 1.17 bits per heavy atom. The highest BCUT2D eigenvalue weighted by molar-refractivity contribution is 14.1. The molecule has 2 aliphatic carbocycles. The van der Waals surface area contributed by atoms with Crippen LogP contribution < -0.4 is 22.1 Å². The van der Waals surface area contributed by atoms with Crippen LogP contribution in [-0.2, 0) is 26.2 Å². The predicted molar refractivity (Wildman–Crippen MR) is 217 cm³/mol. The number of anilines is 2. The Kier molecular flexibility index (Phi) is 13.1. The maximum Gasteiger partial charge on any atom is 0.480 e. The Labute approximate surface area is 328 Å². The SMILES string of the molecule is Nc1nc(/C=C/c2ccccc2)c2c(n1)CN(C(=O)NC1CCC1)C2.Nc1nc(I)c2c(n1)CN(C(=O)NC1CCC1)C2.OB(O)/C=C/c1ccccc1. The second-order valence-electron chi connectivity index (χ2n) is 13.5. The van der Waals surface area contributed by atoms with Crippen molar-refractivity contribution in [1.82, 2.24) is 40.4 Å². The van der Waals surface area contributed by atoms with E-state index in [4.69, 9.17) is 21.5 Å². The fourth-order valence-corrected chi connectivity index (χ4v) is 6.82. The highest BCUT2D eigenvalue weighted by Gasteiger charge is 2.31. The van der Waals surface area contributed by atoms with Crippen molar-refractivity contribution in [2.45, 2.75) is 76.8 Å². The summed E-state index contributed by atoms with van der Waals surface area (Å²) < 4.78 is 0.842. The summed E-state index contributed by atoms with van der Waals surface area (Å²) in [6.07, 6.45) is 12.3. The number of fused-ring (bicyclic) bond motifs is 2. The van der Waals surface area contributed by atoms with Crippen LogP contribution in [0.25, 0.3) is 18.2 Å². The molecule has 0 spiro atoms. The number of hydrogen-bond acceptors (Lipinski definition) is 10. The number of aromatic nitrogens is 4. The summed E-state index contributed by atoms with van der Waals surface area (Å²) in [6.45, 7) is 2.10. The summed E-state index contributed by atoms with van der Waals surface area (Å²) in [4.78, 5) is 45.0. The van der Waals surface area contributed by atoms with Gasteiger partial charge in [-0.05, 0) is 78.3 Å². The van der Waals surface area contributed by atoms with E-state index < -0.39 is 7.12 Å². The highest BCUT2D eigenvalue weighted by atomic mass is 127. The van der Waals surface area contributed by atoms with Crippen LogP contribution in [0.2, 0.25) is 0 Å². The number of nitrogens with two attached hydrogens (primary N) is 2. The van der Waals surface area contributed by atoms with E-state index in [1.165, 1.54) is 18.8 Å². The smallest absolute Gasteiger partial charge is 0.424 e. The van der Waals surface area contributed by atoms with Crippen LogP contribution in [0.15, 0.2) is 66.6 Å². The van der Waals surface area contributed by atoms with Gasteiger partial charge in [-0.3, -0.25) is 0 Å². The maximum absolute atomic E-state index is 12.4. The second-order valence-corrected chi connectivity index (χ2v) is 14.5. The third-order valence-corrected chi connectivity index (χ3v) is 10.4. The molecule has 4 aromatic rings. The van der Waals surface area contributed by atoms with Crippen molar-refractivity contribution in [2.75, 3.05) is 11.5 Å². The number of rotatable bonds is 6. The predicted octanol–water partition coefficient (Wildman–Crippen LogP) is 4.76. The number of nitrogens with one attached hydrogen (secondary N) is 2. The van der Waals surface area contributed by atoms with Crippen molar-refractivity contribution < 1.29 is 19.6 Å². The average Bonchev–Trinajstić information content (AvgIpc) is 3.76. The Hall–Kier alpha value is -5.07. The van der Waals surface area contributed by atoms with Gasteiger partial charge in [0.25, 0.3) is 0 Å². The normalized spacial score (nSPS) is 16.0. The van der Waals surface area contributed by atoms with Crippen molar-refractivity contribution in [3.63, 3.8) is 0 Å². The summed E-state index contributed by atoms with van der Waals surface area (Å²) in [6, 6.07) is 20.1. The molecular formula is C38H44BIN10O4. The number of hydrogen-bond donors (Lipinski definition) is 6. The van der Waals surface area contributed by atoms with Crippen molar-refractivity contribution in [3.8, 4) is 0 Å². The van der Waals surface area contributed by atoms with Gasteiger partial charge in [-0.1, -0.05) is 78.8 Å². The lowest BCUT2D eigenvalue weighted by Gasteiger charge is -2.28. The van der Waals surface area contributed by atoms with Crippen LogP contribution in [0.3, 0.4) is 0 Å². The molecule has 2 saturated carbocycles. The van der Waals surface area contributed by atoms with Gasteiger partial charge in [0.15, 0.2) is 0 Å². The van der Waals surface area contributed by atoms with Gasteiger partial charge in [0.2, 0.25) is 11.9 Å². The van der Waals surface area contributed by atoms with Gasteiger partial charge in [-0.25, -0.2) is 29.5 Å². The summed E-state index contributed by atoms with van der Waals surface area (Å²) >= 11 is 2.14. The van der Waals surface area contributed by atoms with Crippen molar-refractivity contribution >= 4 is 71.9 Å². The zero-order valence-corrected chi connectivity index (χ0v) is 32.0. The quantitative estimate of drug-likeness (QED) is 0.0891. The monoisotopic (exact) mass is 842 g/mol. The summed E-state index contributed by atoms with van der Waals surface area (Å²) in [5.74, 6) is 1.84. The molecule has 4 heterocycles. The van der Waals surface area contributed by atoms with Gasteiger partial charge in [-0.2, -0.15) is 0 Å². The largest absolute Gasteiger partial charge is 0.480 e. The van der Waals surface area contributed by atoms with Crippen LogP contribution in [0.1, 0.15) is 77.9 Å². The van der Waals surface area contributed by atoms with Gasteiger partial charge in [0.05, 0.1) is 43.3 Å². The van der Waals surface area contributed by atoms with E-state index >= 15 is 0 Å². The number of carbonyl (C=O) groups is 2. The van der Waals surface area contributed by atoms with E-state index in [0.717, 1.165) is 68.7 Å². The molecule has 14 nitrogen and oxygen atoms in total. The first-order valence-corrected chi connectivity index (χ1v) is 19.1. The molecule has 2 aromatic heterocycles. The third-order valence-electron chi connectivity index (χ3n) is 9.51. The molecule has 54 heavy (non-hydrogen) atoms. The number of amides is 4. The number of nitrogens with zero attached hydrogens (tertiary/aromatic N) is 6. The van der Waals surface area contributed by atoms with Gasteiger partial charge in [-0.15, -0.1) is 0 Å². The molecule has 0 saturated heterocycles. The van der Waals surface area contributed by atoms with Crippen LogP contribution in [0.4, 0.5) is 21.5 Å². The average molecular weight is 843 g/mol. The Morgan fingerprint density at radius 3 is 1.67 bits per heavy atom. The number of benzene rings is 2. The van der Waals surface area contributed by atoms with Crippen LogP contribution in [-0.4, -0.2) is 71.0 Å². The molecule has 280 valence electrons. The molecule has 8 N–H and O–H groups in total. The summed E-state index contributed by atoms with van der Waals surface area (Å²) in [7, 11) is -1.37. The maximum atomic E-state index is 12.4. The van der Waals surface area contributed by atoms with Crippen molar-refractivity contribution in [3.05, 3.63) is 110 Å². The Bertz CT molecular complexity index is 1980. The summed E-state index contributed by atoms with van der Waals surface area (Å²) in [5, 5.41) is 23.1. The first-order chi connectivity index (χ1) is 26.1. The van der Waals surface area contributed by atoms with Crippen LogP contribution in [0, 0.1) is 3.70 Å². The number of halogens is 1. The molecule has 2 aromatic carbocycles. The molecule has 0 radical (unpaired) electrons. The first-order valence-electron chi connectivity index (χ1n) is 18.0. The zero-order chi connectivity index (χ0) is 38.0. The molecule has 16 heteroatoms. The van der Waals surface area contributed by atoms with Crippen molar-refractivity contribution in [1.29, 1.82) is 0 Å². The molecule has 0 bridgehead atoms. The summed E-state index contributed by atoms with van der Waals surface area (Å²) in [5.41, 5.74) is 18.0. The van der Waals surface area contributed by atoms with E-state index in [0.29, 0.717) is 38.3 Å². The van der Waals surface area contributed by atoms with E-state index in [9.17, 15) is 9.59 Å². The zero-order valence-electron chi connectivity index (χ0n) is 29.8. The molecule has 0 atom stereocenters. The lowest BCUT2D eigenvalue weighted by Crippen LogP contribution is -2.45. The minimum absolute atomic E-state index is 0.00734. The van der Waals surface area contributed by atoms with Gasteiger partial charge < -0.3 is 41.9 Å². The van der Waals surface area contributed by atoms with Crippen LogP contribution in [0.5, 0.6) is 0 Å². The molecule has 8 rings (SSSR count). The number of nitrogen functional groups attached to an aromatic ring is 2. The second kappa shape index (κ2) is 18.3. The molecule has 2 fully saturated rings. The number of carbonyl (C=O) groups excluding carboxylic acids is 2. The van der Waals surface area contributed by atoms with E-state index in [1.54, 1.807) is 15.9 Å². The Morgan fingerprint density at radius 1 is 0.685 bits per heavy atom. The molecule has 2 aliphatic heterocycles. The topological polar surface area (TPSA) is 209 Å². The van der Waals surface area contributed by atoms with Gasteiger partial charge in [0.1, 0.15) is 3.70 Å². The third kappa shape index (κ3) is 10.5. The molecule has 4 aliphatic rings. The van der Waals surface area contributed by atoms with Crippen LogP contribution >= 0.6 is 22.6 Å². The first kappa shape index (κ1) is 38.7. The minimum atomic E-state index is -1.37. The lowest BCUT2D eigenvalue weighted by atomic mass is 9.91. The van der Waals surface area contributed by atoms with E-state index in [-0.39, 0.29) is 24.0 Å². The lowest BCUT2D eigenvalue weighted by molar-refractivity contribution is 0.186. The fourth-order valence-electron chi connectivity index (χ4n) is 6.10.